The minimum atomic E-state index is -0.162. The summed E-state index contributed by atoms with van der Waals surface area (Å²) in [5, 5.41) is 10.5. The molecule has 0 saturated carbocycles. The number of carbonyl (C=O) groups is 1. The van der Waals surface area contributed by atoms with Crippen LogP contribution in [0.2, 0.25) is 0 Å². The molecule has 3 aromatic heterocycles. The van der Waals surface area contributed by atoms with E-state index in [1.54, 1.807) is 15.7 Å². The molecule has 2 aromatic carbocycles. The van der Waals surface area contributed by atoms with Crippen LogP contribution in [0.25, 0.3) is 33.4 Å². The van der Waals surface area contributed by atoms with Gasteiger partial charge in [0.15, 0.2) is 5.65 Å². The molecule has 0 unspecified atom stereocenters. The van der Waals surface area contributed by atoms with Gasteiger partial charge in [0.25, 0.3) is 0 Å². The lowest BCUT2D eigenvalue weighted by Gasteiger charge is -2.32. The number of imidazole rings is 1. The van der Waals surface area contributed by atoms with Gasteiger partial charge in [-0.1, -0.05) is 30.3 Å². The predicted octanol–water partition coefficient (Wildman–Crippen LogP) is 3.33. The smallest absolute Gasteiger partial charge is 0.327 e. The molecule has 5 aromatic rings. The fourth-order valence-corrected chi connectivity index (χ4v) is 4.70. The predicted molar refractivity (Wildman–Crippen MR) is 126 cm³/mol. The number of pyridine rings is 1. The number of carbonyl (C=O) groups excluding carboxylic acids is 1. The van der Waals surface area contributed by atoms with E-state index < -0.39 is 0 Å². The molecule has 0 aliphatic carbocycles. The van der Waals surface area contributed by atoms with E-state index in [9.17, 15) is 9.59 Å². The van der Waals surface area contributed by atoms with Crippen molar-refractivity contribution in [2.24, 2.45) is 0 Å². The van der Waals surface area contributed by atoms with Crippen molar-refractivity contribution in [3.8, 4) is 11.5 Å². The van der Waals surface area contributed by atoms with Crippen LogP contribution < -0.4 is 5.69 Å². The van der Waals surface area contributed by atoms with Crippen LogP contribution >= 0.6 is 0 Å². The van der Waals surface area contributed by atoms with E-state index in [-0.39, 0.29) is 24.1 Å². The van der Waals surface area contributed by atoms with Crippen molar-refractivity contribution in [2.45, 2.75) is 25.3 Å². The molecular weight excluding hydrogens is 432 g/mol. The summed E-state index contributed by atoms with van der Waals surface area (Å²) in [6, 6.07) is 17.8. The first-order valence-electron chi connectivity index (χ1n) is 11.3. The number of hydrogen-bond acceptors (Lipinski definition) is 6. The van der Waals surface area contributed by atoms with Gasteiger partial charge in [-0.15, -0.1) is 10.2 Å². The summed E-state index contributed by atoms with van der Waals surface area (Å²) in [5.74, 6) is 0.647. The van der Waals surface area contributed by atoms with Crippen LogP contribution in [0.5, 0.6) is 0 Å². The Morgan fingerprint density at radius 3 is 2.71 bits per heavy atom. The zero-order chi connectivity index (χ0) is 23.1. The average Bonchev–Trinajstić information content (AvgIpc) is 3.47. The molecule has 1 aliphatic rings. The number of likely N-dealkylation sites (tertiary alicyclic amines) is 1. The van der Waals surface area contributed by atoms with E-state index in [0.717, 1.165) is 21.9 Å². The van der Waals surface area contributed by atoms with Crippen molar-refractivity contribution >= 4 is 27.8 Å². The van der Waals surface area contributed by atoms with Crippen LogP contribution in [-0.2, 0) is 11.2 Å². The zero-order valence-corrected chi connectivity index (χ0v) is 18.3. The maximum Gasteiger partial charge on any atom is 0.327 e. The van der Waals surface area contributed by atoms with Gasteiger partial charge in [-0.2, -0.15) is 0 Å². The van der Waals surface area contributed by atoms with Crippen molar-refractivity contribution in [3.63, 3.8) is 0 Å². The highest BCUT2D eigenvalue weighted by molar-refractivity contribution is 5.86. The Bertz CT molecular complexity index is 1560. The molecule has 1 N–H and O–H groups in total. The first kappa shape index (κ1) is 20.3. The first-order chi connectivity index (χ1) is 16.7. The number of nitrogens with zero attached hydrogens (tertiary/aromatic N) is 5. The maximum atomic E-state index is 12.9. The molecule has 0 spiro atoms. The van der Waals surface area contributed by atoms with Crippen molar-refractivity contribution in [3.05, 3.63) is 77.2 Å². The Morgan fingerprint density at radius 1 is 1.03 bits per heavy atom. The van der Waals surface area contributed by atoms with Gasteiger partial charge in [-0.3, -0.25) is 14.3 Å². The Balaban J connectivity index is 1.12. The van der Waals surface area contributed by atoms with Crippen molar-refractivity contribution < 1.29 is 9.21 Å². The lowest BCUT2D eigenvalue weighted by Crippen LogP contribution is -2.41. The number of aromatic nitrogens is 5. The Morgan fingerprint density at radius 2 is 1.85 bits per heavy atom. The summed E-state index contributed by atoms with van der Waals surface area (Å²) in [6.45, 7) is 1.13. The largest absolute Gasteiger partial charge is 0.420 e. The number of hydrogen-bond donors (Lipinski definition) is 1. The standard InChI is InChI=1S/C25H22N6O3/c32-22(15-21-28-29-24(34-21)18-8-7-16-4-1-2-5-17(16)14-18)30-12-9-19(10-13-30)31-20-6-3-11-26-23(20)27-25(31)33/h1-8,11,14,19H,9-10,12-13,15H2,(H,26,27,33). The number of fused-ring (bicyclic) bond motifs is 2. The monoisotopic (exact) mass is 454 g/mol. The molecule has 1 amide bonds. The highest BCUT2D eigenvalue weighted by Crippen LogP contribution is 2.26. The normalized spacial score (nSPS) is 14.8. The lowest BCUT2D eigenvalue weighted by atomic mass is 10.0. The Kier molecular flexibility index (Phi) is 4.94. The summed E-state index contributed by atoms with van der Waals surface area (Å²) >= 11 is 0. The number of amides is 1. The molecule has 34 heavy (non-hydrogen) atoms. The van der Waals surface area contributed by atoms with E-state index in [4.69, 9.17) is 4.42 Å². The SMILES string of the molecule is O=C(Cc1nnc(-c2ccc3ccccc3c2)o1)N1CCC(n2c(=O)[nH]c3ncccc32)CC1. The van der Waals surface area contributed by atoms with Crippen LogP contribution in [0.1, 0.15) is 24.8 Å². The number of aromatic amines is 1. The highest BCUT2D eigenvalue weighted by Gasteiger charge is 2.27. The molecule has 0 radical (unpaired) electrons. The minimum Gasteiger partial charge on any atom is -0.420 e. The van der Waals surface area contributed by atoms with E-state index in [2.05, 4.69) is 20.2 Å². The van der Waals surface area contributed by atoms with Crippen LogP contribution in [0, 0.1) is 0 Å². The second kappa shape index (κ2) is 8.26. The molecule has 9 heteroatoms. The van der Waals surface area contributed by atoms with Crippen molar-refractivity contribution in [1.82, 2.24) is 29.6 Å². The van der Waals surface area contributed by atoms with Gasteiger partial charge in [-0.25, -0.2) is 9.78 Å². The molecule has 170 valence electrons. The highest BCUT2D eigenvalue weighted by atomic mass is 16.4. The fourth-order valence-electron chi connectivity index (χ4n) is 4.70. The van der Waals surface area contributed by atoms with E-state index >= 15 is 0 Å². The van der Waals surface area contributed by atoms with Gasteiger partial charge in [-0.05, 0) is 47.9 Å². The van der Waals surface area contributed by atoms with Crippen LogP contribution in [-0.4, -0.2) is 48.6 Å². The van der Waals surface area contributed by atoms with Gasteiger partial charge < -0.3 is 9.32 Å². The molecule has 1 aliphatic heterocycles. The summed E-state index contributed by atoms with van der Waals surface area (Å²) < 4.78 is 7.56. The first-order valence-corrected chi connectivity index (χ1v) is 11.3. The molecule has 4 heterocycles. The van der Waals surface area contributed by atoms with Gasteiger partial charge >= 0.3 is 5.69 Å². The second-order valence-electron chi connectivity index (χ2n) is 8.52. The summed E-state index contributed by atoms with van der Waals surface area (Å²) in [4.78, 5) is 34.1. The Hall–Kier alpha value is -4.27. The third-order valence-corrected chi connectivity index (χ3v) is 6.44. The number of H-pyrrole nitrogens is 1. The molecule has 6 rings (SSSR count). The van der Waals surface area contributed by atoms with Gasteiger partial charge in [0.2, 0.25) is 17.7 Å². The molecule has 1 fully saturated rings. The minimum absolute atomic E-state index is 0.0254. The summed E-state index contributed by atoms with van der Waals surface area (Å²) in [6.07, 6.45) is 3.11. The molecule has 0 atom stereocenters. The average molecular weight is 454 g/mol. The quantitative estimate of drug-likeness (QED) is 0.446. The van der Waals surface area contributed by atoms with E-state index in [0.29, 0.717) is 43.4 Å². The second-order valence-corrected chi connectivity index (χ2v) is 8.52. The van der Waals surface area contributed by atoms with Gasteiger partial charge in [0.05, 0.1) is 5.52 Å². The van der Waals surface area contributed by atoms with Gasteiger partial charge in [0.1, 0.15) is 6.42 Å². The number of nitrogens with one attached hydrogen (secondary N) is 1. The third-order valence-electron chi connectivity index (χ3n) is 6.44. The van der Waals surface area contributed by atoms with Crippen molar-refractivity contribution in [1.29, 1.82) is 0 Å². The number of rotatable bonds is 4. The Labute approximate surface area is 194 Å². The number of benzene rings is 2. The lowest BCUT2D eigenvalue weighted by molar-refractivity contribution is -0.132. The zero-order valence-electron chi connectivity index (χ0n) is 18.3. The van der Waals surface area contributed by atoms with Crippen LogP contribution in [0.15, 0.2) is 70.0 Å². The third kappa shape index (κ3) is 3.64. The molecule has 1 saturated heterocycles. The summed E-state index contributed by atoms with van der Waals surface area (Å²) in [7, 11) is 0. The van der Waals surface area contributed by atoms with E-state index in [1.807, 2.05) is 54.6 Å². The number of piperidine rings is 1. The fraction of sp³-hybridized carbons (Fsp3) is 0.240. The molecular formula is C25H22N6O3. The van der Waals surface area contributed by atoms with Crippen LogP contribution in [0.3, 0.4) is 0 Å². The van der Waals surface area contributed by atoms with E-state index in [1.165, 1.54) is 0 Å². The van der Waals surface area contributed by atoms with Crippen LogP contribution in [0.4, 0.5) is 0 Å². The topological polar surface area (TPSA) is 110 Å². The molecule has 9 nitrogen and oxygen atoms in total. The van der Waals surface area contributed by atoms with Gasteiger partial charge in [0, 0.05) is 30.9 Å². The maximum absolute atomic E-state index is 12.9. The molecule has 0 bridgehead atoms. The summed E-state index contributed by atoms with van der Waals surface area (Å²) in [5.41, 5.74) is 2.05. The van der Waals surface area contributed by atoms with Crippen molar-refractivity contribution in [2.75, 3.05) is 13.1 Å².